The average molecular weight is 197 g/mol. The molecule has 70 valence electrons. The maximum atomic E-state index is 3.29. The lowest BCUT2D eigenvalue weighted by molar-refractivity contribution is 0.487. The summed E-state index contributed by atoms with van der Waals surface area (Å²) in [5, 5.41) is 2.09. The molecule has 0 aliphatic carbocycles. The molecule has 1 heterocycles. The smallest absolute Gasteiger partial charge is 0.0541 e. The zero-order valence-corrected chi connectivity index (χ0v) is 8.13. The van der Waals surface area contributed by atoms with Gasteiger partial charge in [-0.1, -0.05) is 24.3 Å². The van der Waals surface area contributed by atoms with Crippen molar-refractivity contribution < 1.29 is 0 Å². The van der Waals surface area contributed by atoms with Crippen molar-refractivity contribution in [1.29, 1.82) is 0 Å². The lowest BCUT2D eigenvalue weighted by Crippen LogP contribution is -2.21. The van der Waals surface area contributed by atoms with Gasteiger partial charge in [0.05, 0.1) is 5.69 Å². The van der Waals surface area contributed by atoms with Gasteiger partial charge in [0.15, 0.2) is 0 Å². The second-order valence-corrected chi connectivity index (χ2v) is 2.84. The van der Waals surface area contributed by atoms with Crippen molar-refractivity contribution >= 4 is 18.1 Å². The third-order valence-electron chi connectivity index (χ3n) is 1.87. The van der Waals surface area contributed by atoms with Crippen molar-refractivity contribution in [3.05, 3.63) is 42.6 Å². The van der Waals surface area contributed by atoms with Crippen molar-refractivity contribution in [2.24, 2.45) is 0 Å². The molecular formula is C10H13ClN2. The largest absolute Gasteiger partial charge is 0.299 e. The third-order valence-corrected chi connectivity index (χ3v) is 1.87. The summed E-state index contributed by atoms with van der Waals surface area (Å²) in [5.74, 6) is 0. The van der Waals surface area contributed by atoms with E-state index in [0.717, 1.165) is 18.7 Å². The Morgan fingerprint density at radius 2 is 1.92 bits per heavy atom. The molecule has 0 atom stereocenters. The highest BCUT2D eigenvalue weighted by Crippen LogP contribution is 2.10. The van der Waals surface area contributed by atoms with E-state index in [4.69, 9.17) is 0 Å². The molecule has 1 N–H and O–H groups in total. The molecule has 0 aromatic heterocycles. The number of hydrogen-bond donors (Lipinski definition) is 1. The van der Waals surface area contributed by atoms with Crippen LogP contribution in [0, 0.1) is 0 Å². The summed E-state index contributed by atoms with van der Waals surface area (Å²) in [5.41, 5.74) is 4.43. The van der Waals surface area contributed by atoms with Crippen molar-refractivity contribution in [2.75, 3.05) is 12.0 Å². The first kappa shape index (κ1) is 9.93. The predicted octanol–water partition coefficient (Wildman–Crippen LogP) is 2.65. The van der Waals surface area contributed by atoms with Gasteiger partial charge in [-0.3, -0.25) is 10.4 Å². The summed E-state index contributed by atoms with van der Waals surface area (Å²) < 4.78 is 0. The third kappa shape index (κ3) is 2.67. The molecule has 1 aromatic carbocycles. The Morgan fingerprint density at radius 3 is 2.54 bits per heavy atom. The summed E-state index contributed by atoms with van der Waals surface area (Å²) in [6, 6.07) is 10.2. The van der Waals surface area contributed by atoms with Crippen molar-refractivity contribution in [1.82, 2.24) is 5.01 Å². The maximum Gasteiger partial charge on any atom is 0.0541 e. The minimum absolute atomic E-state index is 0. The molecule has 0 saturated carbocycles. The summed E-state index contributed by atoms with van der Waals surface area (Å²) >= 11 is 0. The number of anilines is 1. The lowest BCUT2D eigenvalue weighted by atomic mass is 10.3. The lowest BCUT2D eigenvalue weighted by Gasteiger charge is -2.17. The first-order chi connectivity index (χ1) is 5.95. The van der Waals surface area contributed by atoms with Crippen molar-refractivity contribution in [2.45, 2.75) is 6.42 Å². The van der Waals surface area contributed by atoms with Crippen LogP contribution >= 0.6 is 12.4 Å². The predicted molar refractivity (Wildman–Crippen MR) is 57.8 cm³/mol. The van der Waals surface area contributed by atoms with Gasteiger partial charge in [0, 0.05) is 12.7 Å². The number of para-hydroxylation sites is 1. The molecule has 0 bridgehead atoms. The highest BCUT2D eigenvalue weighted by Gasteiger charge is 2.01. The van der Waals surface area contributed by atoms with Gasteiger partial charge >= 0.3 is 0 Å². The molecule has 0 saturated heterocycles. The first-order valence-electron chi connectivity index (χ1n) is 4.20. The van der Waals surface area contributed by atoms with Gasteiger partial charge in [0.1, 0.15) is 0 Å². The SMILES string of the molecule is C1=CN(Nc2ccccc2)CC1.Cl. The number of nitrogens with zero attached hydrogens (tertiary/aromatic N) is 1. The molecule has 0 fully saturated rings. The van der Waals surface area contributed by atoms with E-state index in [0.29, 0.717) is 0 Å². The van der Waals surface area contributed by atoms with Gasteiger partial charge in [0.25, 0.3) is 0 Å². The van der Waals surface area contributed by atoms with E-state index in [-0.39, 0.29) is 12.4 Å². The standard InChI is InChI=1S/C10H12N2.ClH/c1-2-6-10(7-3-1)11-12-8-4-5-9-12;/h1-4,6-8,11H,5,9H2;1H. The van der Waals surface area contributed by atoms with E-state index >= 15 is 0 Å². The fourth-order valence-corrected chi connectivity index (χ4v) is 1.26. The minimum Gasteiger partial charge on any atom is -0.299 e. The van der Waals surface area contributed by atoms with Gasteiger partial charge in [-0.15, -0.1) is 12.4 Å². The van der Waals surface area contributed by atoms with Crippen LogP contribution in [0.3, 0.4) is 0 Å². The van der Waals surface area contributed by atoms with Crippen LogP contribution < -0.4 is 5.43 Å². The van der Waals surface area contributed by atoms with Gasteiger partial charge in [-0.05, 0) is 18.6 Å². The number of hydrazine groups is 1. The molecule has 2 nitrogen and oxygen atoms in total. The van der Waals surface area contributed by atoms with Crippen LogP contribution in [-0.4, -0.2) is 11.6 Å². The van der Waals surface area contributed by atoms with E-state index in [1.54, 1.807) is 0 Å². The number of halogens is 1. The molecule has 0 spiro atoms. The minimum atomic E-state index is 0. The zero-order chi connectivity index (χ0) is 8.23. The summed E-state index contributed by atoms with van der Waals surface area (Å²) in [7, 11) is 0. The highest BCUT2D eigenvalue weighted by atomic mass is 35.5. The summed E-state index contributed by atoms with van der Waals surface area (Å²) in [6.45, 7) is 1.06. The van der Waals surface area contributed by atoms with Crippen LogP contribution in [0.1, 0.15) is 6.42 Å². The molecule has 1 aliphatic heterocycles. The second kappa shape index (κ2) is 4.77. The molecule has 1 aliphatic rings. The Balaban J connectivity index is 0.000000845. The number of rotatable bonds is 2. The van der Waals surface area contributed by atoms with E-state index in [9.17, 15) is 0 Å². The molecule has 1 aromatic rings. The Kier molecular flexibility index (Phi) is 3.65. The molecule has 13 heavy (non-hydrogen) atoms. The van der Waals surface area contributed by atoms with Crippen molar-refractivity contribution in [3.63, 3.8) is 0 Å². The molecule has 3 heteroatoms. The maximum absolute atomic E-state index is 3.29. The Morgan fingerprint density at radius 1 is 1.15 bits per heavy atom. The van der Waals surface area contributed by atoms with Gasteiger partial charge in [0.2, 0.25) is 0 Å². The van der Waals surface area contributed by atoms with Gasteiger partial charge in [-0.2, -0.15) is 0 Å². The fourth-order valence-electron chi connectivity index (χ4n) is 1.26. The Labute approximate surface area is 84.6 Å². The summed E-state index contributed by atoms with van der Waals surface area (Å²) in [6.07, 6.45) is 5.38. The Bertz CT molecular complexity index is 272. The zero-order valence-electron chi connectivity index (χ0n) is 7.31. The van der Waals surface area contributed by atoms with E-state index in [2.05, 4.69) is 34.8 Å². The van der Waals surface area contributed by atoms with E-state index in [1.165, 1.54) is 0 Å². The number of hydrogen-bond acceptors (Lipinski definition) is 2. The first-order valence-corrected chi connectivity index (χ1v) is 4.20. The highest BCUT2D eigenvalue weighted by molar-refractivity contribution is 5.85. The Hall–Kier alpha value is -1.15. The van der Waals surface area contributed by atoms with E-state index in [1.807, 2.05) is 18.2 Å². The van der Waals surface area contributed by atoms with Crippen LogP contribution in [0.15, 0.2) is 42.6 Å². The second-order valence-electron chi connectivity index (χ2n) is 2.84. The molecule has 0 radical (unpaired) electrons. The van der Waals surface area contributed by atoms with Gasteiger partial charge < -0.3 is 0 Å². The molecular weight excluding hydrogens is 184 g/mol. The molecule has 0 unspecified atom stereocenters. The quantitative estimate of drug-likeness (QED) is 0.783. The summed E-state index contributed by atoms with van der Waals surface area (Å²) in [4.78, 5) is 0. The number of benzene rings is 1. The normalized spacial score (nSPS) is 14.0. The van der Waals surface area contributed by atoms with Gasteiger partial charge in [-0.25, -0.2) is 0 Å². The van der Waals surface area contributed by atoms with E-state index < -0.39 is 0 Å². The molecule has 2 rings (SSSR count). The van der Waals surface area contributed by atoms with Crippen LogP contribution in [0.4, 0.5) is 5.69 Å². The van der Waals surface area contributed by atoms with Crippen LogP contribution in [0.25, 0.3) is 0 Å². The number of nitrogens with one attached hydrogen (secondary N) is 1. The van der Waals surface area contributed by atoms with Crippen molar-refractivity contribution in [3.8, 4) is 0 Å². The monoisotopic (exact) mass is 196 g/mol. The fraction of sp³-hybridized carbons (Fsp3) is 0.200. The topological polar surface area (TPSA) is 15.3 Å². The molecule has 0 amide bonds. The van der Waals surface area contributed by atoms with Crippen LogP contribution in [-0.2, 0) is 0 Å². The van der Waals surface area contributed by atoms with Crippen LogP contribution in [0.5, 0.6) is 0 Å². The average Bonchev–Trinajstić information content (AvgIpc) is 2.59. The van der Waals surface area contributed by atoms with Crippen LogP contribution in [0.2, 0.25) is 0 Å².